The minimum atomic E-state index is 0.544. The average molecular weight is 149 g/mol. The zero-order valence-electron chi connectivity index (χ0n) is 5.70. The van der Waals surface area contributed by atoms with Gasteiger partial charge in [-0.25, -0.2) is 4.98 Å². The summed E-state index contributed by atoms with van der Waals surface area (Å²) >= 11 is 0. The van der Waals surface area contributed by atoms with Crippen LogP contribution in [0.25, 0.3) is 11.4 Å². The molecule has 0 unspecified atom stereocenters. The lowest BCUT2D eigenvalue weighted by atomic mass is 10.3. The summed E-state index contributed by atoms with van der Waals surface area (Å²) < 4.78 is 0. The van der Waals surface area contributed by atoms with Gasteiger partial charge < -0.3 is 10.7 Å². The molecule has 0 radical (unpaired) electrons. The molecule has 0 atom stereocenters. The molecule has 0 amide bonds. The molecule has 2 aromatic heterocycles. The van der Waals surface area contributed by atoms with Crippen molar-refractivity contribution in [2.75, 3.05) is 5.73 Å². The van der Waals surface area contributed by atoms with Gasteiger partial charge in [0.05, 0.1) is 6.33 Å². The van der Waals surface area contributed by atoms with Gasteiger partial charge in [0, 0.05) is 12.3 Å². The highest BCUT2D eigenvalue weighted by Crippen LogP contribution is 2.13. The number of nitrogens with one attached hydrogen (secondary N) is 2. The van der Waals surface area contributed by atoms with Crippen LogP contribution in [0.15, 0.2) is 18.6 Å². The van der Waals surface area contributed by atoms with Crippen LogP contribution in [0.3, 0.4) is 0 Å². The molecular formula is C6H7N5. The molecule has 2 rings (SSSR count). The van der Waals surface area contributed by atoms with E-state index in [9.17, 15) is 0 Å². The van der Waals surface area contributed by atoms with Gasteiger partial charge >= 0.3 is 0 Å². The van der Waals surface area contributed by atoms with E-state index in [2.05, 4.69) is 20.2 Å². The molecule has 0 spiro atoms. The maximum Gasteiger partial charge on any atom is 0.119 e. The van der Waals surface area contributed by atoms with Crippen molar-refractivity contribution in [3.05, 3.63) is 18.6 Å². The van der Waals surface area contributed by atoms with E-state index in [0.29, 0.717) is 5.82 Å². The standard InChI is InChI=1S/C6H7N5/c7-6-1-4(10-11-6)5-2-8-3-9-5/h1-3H,(H,8,9)(H3,7,10,11). The molecule has 2 aromatic rings. The normalized spacial score (nSPS) is 10.2. The smallest absolute Gasteiger partial charge is 0.119 e. The van der Waals surface area contributed by atoms with Crippen molar-refractivity contribution in [1.29, 1.82) is 0 Å². The molecule has 5 nitrogen and oxygen atoms in total. The van der Waals surface area contributed by atoms with Gasteiger partial charge in [-0.05, 0) is 0 Å². The largest absolute Gasteiger partial charge is 0.384 e. The van der Waals surface area contributed by atoms with Crippen LogP contribution < -0.4 is 5.73 Å². The topological polar surface area (TPSA) is 83.4 Å². The second kappa shape index (κ2) is 2.12. The number of anilines is 1. The SMILES string of the molecule is Nc1cc(-c2c[nH]cn2)n[nH]1. The second-order valence-electron chi connectivity index (χ2n) is 2.16. The van der Waals surface area contributed by atoms with Gasteiger partial charge in [0.1, 0.15) is 17.2 Å². The number of nitrogens with zero attached hydrogens (tertiary/aromatic N) is 2. The molecule has 11 heavy (non-hydrogen) atoms. The fraction of sp³-hybridized carbons (Fsp3) is 0. The molecule has 5 heteroatoms. The lowest BCUT2D eigenvalue weighted by Gasteiger charge is -1.82. The molecule has 0 aliphatic carbocycles. The molecule has 0 bridgehead atoms. The molecule has 0 saturated carbocycles. The van der Waals surface area contributed by atoms with Crippen molar-refractivity contribution in [1.82, 2.24) is 20.2 Å². The minimum absolute atomic E-state index is 0.544. The molecule has 2 heterocycles. The van der Waals surface area contributed by atoms with Crippen LogP contribution in [-0.2, 0) is 0 Å². The summed E-state index contributed by atoms with van der Waals surface area (Å²) in [6.07, 6.45) is 3.36. The van der Waals surface area contributed by atoms with Crippen LogP contribution >= 0.6 is 0 Å². The Kier molecular flexibility index (Phi) is 1.15. The summed E-state index contributed by atoms with van der Waals surface area (Å²) in [5, 5.41) is 6.56. The van der Waals surface area contributed by atoms with Crippen molar-refractivity contribution in [2.45, 2.75) is 0 Å². The second-order valence-corrected chi connectivity index (χ2v) is 2.16. The zero-order chi connectivity index (χ0) is 7.68. The highest BCUT2D eigenvalue weighted by molar-refractivity contribution is 5.56. The molecule has 0 aliphatic heterocycles. The van der Waals surface area contributed by atoms with E-state index < -0.39 is 0 Å². The number of hydrogen-bond donors (Lipinski definition) is 3. The monoisotopic (exact) mass is 149 g/mol. The van der Waals surface area contributed by atoms with Gasteiger partial charge in [0.2, 0.25) is 0 Å². The summed E-state index contributed by atoms with van der Waals surface area (Å²) in [5.41, 5.74) is 6.97. The van der Waals surface area contributed by atoms with Gasteiger partial charge in [-0.3, -0.25) is 5.10 Å². The summed E-state index contributed by atoms with van der Waals surface area (Å²) in [7, 11) is 0. The Morgan fingerprint density at radius 3 is 2.82 bits per heavy atom. The zero-order valence-corrected chi connectivity index (χ0v) is 5.70. The van der Waals surface area contributed by atoms with Gasteiger partial charge in [-0.1, -0.05) is 0 Å². The van der Waals surface area contributed by atoms with E-state index in [-0.39, 0.29) is 0 Å². The van der Waals surface area contributed by atoms with Crippen molar-refractivity contribution in [2.24, 2.45) is 0 Å². The van der Waals surface area contributed by atoms with Gasteiger partial charge in [0.15, 0.2) is 0 Å². The van der Waals surface area contributed by atoms with E-state index in [4.69, 9.17) is 5.73 Å². The van der Waals surface area contributed by atoms with Crippen LogP contribution in [-0.4, -0.2) is 20.2 Å². The van der Waals surface area contributed by atoms with E-state index in [1.165, 1.54) is 0 Å². The third kappa shape index (κ3) is 0.958. The van der Waals surface area contributed by atoms with Crippen molar-refractivity contribution < 1.29 is 0 Å². The van der Waals surface area contributed by atoms with Crippen LogP contribution in [0.1, 0.15) is 0 Å². The maximum atomic E-state index is 5.43. The fourth-order valence-corrected chi connectivity index (χ4v) is 0.868. The van der Waals surface area contributed by atoms with Gasteiger partial charge in [-0.15, -0.1) is 0 Å². The number of aromatic nitrogens is 4. The third-order valence-corrected chi connectivity index (χ3v) is 1.36. The Morgan fingerprint density at radius 2 is 2.27 bits per heavy atom. The number of rotatable bonds is 1. The van der Waals surface area contributed by atoms with E-state index in [1.807, 2.05) is 0 Å². The summed E-state index contributed by atoms with van der Waals surface area (Å²) in [6.45, 7) is 0. The Labute approximate surface area is 62.7 Å². The van der Waals surface area contributed by atoms with E-state index >= 15 is 0 Å². The van der Waals surface area contributed by atoms with E-state index in [1.54, 1.807) is 18.6 Å². The summed E-state index contributed by atoms with van der Waals surface area (Å²) in [6, 6.07) is 1.73. The Bertz CT molecular complexity index is 333. The minimum Gasteiger partial charge on any atom is -0.384 e. The Morgan fingerprint density at radius 1 is 1.36 bits per heavy atom. The maximum absolute atomic E-state index is 5.43. The predicted octanol–water partition coefficient (Wildman–Crippen LogP) is 0.382. The van der Waals surface area contributed by atoms with E-state index in [0.717, 1.165) is 11.4 Å². The molecular weight excluding hydrogens is 142 g/mol. The lowest BCUT2D eigenvalue weighted by Crippen LogP contribution is -1.81. The first-order valence-corrected chi connectivity index (χ1v) is 3.16. The predicted molar refractivity (Wildman–Crippen MR) is 40.6 cm³/mol. The summed E-state index contributed by atoms with van der Waals surface area (Å²) in [5.74, 6) is 0.544. The molecule has 0 saturated heterocycles. The number of nitrogens with two attached hydrogens (primary N) is 1. The highest BCUT2D eigenvalue weighted by atomic mass is 15.2. The van der Waals surface area contributed by atoms with Crippen molar-refractivity contribution in [3.63, 3.8) is 0 Å². The quantitative estimate of drug-likeness (QED) is 0.548. The average Bonchev–Trinajstić information content (AvgIpc) is 2.55. The molecule has 0 fully saturated rings. The van der Waals surface area contributed by atoms with Crippen molar-refractivity contribution >= 4 is 5.82 Å². The van der Waals surface area contributed by atoms with Crippen LogP contribution in [0.2, 0.25) is 0 Å². The van der Waals surface area contributed by atoms with Gasteiger partial charge in [0.25, 0.3) is 0 Å². The number of H-pyrrole nitrogens is 2. The Hall–Kier alpha value is -1.78. The molecule has 0 aromatic carbocycles. The summed E-state index contributed by atoms with van der Waals surface area (Å²) in [4.78, 5) is 6.84. The first kappa shape index (κ1) is 5.96. The molecule has 56 valence electrons. The number of aromatic amines is 2. The first-order valence-electron chi connectivity index (χ1n) is 3.16. The number of imidazole rings is 1. The van der Waals surface area contributed by atoms with Gasteiger partial charge in [-0.2, -0.15) is 5.10 Å². The fourth-order valence-electron chi connectivity index (χ4n) is 0.868. The molecule has 4 N–H and O–H groups in total. The number of hydrogen-bond acceptors (Lipinski definition) is 3. The van der Waals surface area contributed by atoms with Crippen molar-refractivity contribution in [3.8, 4) is 11.4 Å². The Balaban J connectivity index is 2.45. The lowest BCUT2D eigenvalue weighted by molar-refractivity contribution is 1.10. The first-order chi connectivity index (χ1) is 5.36. The highest BCUT2D eigenvalue weighted by Gasteiger charge is 2.01. The van der Waals surface area contributed by atoms with Crippen LogP contribution in [0, 0.1) is 0 Å². The number of nitrogen functional groups attached to an aromatic ring is 1. The van der Waals surface area contributed by atoms with Crippen LogP contribution in [0.4, 0.5) is 5.82 Å². The molecule has 0 aliphatic rings. The van der Waals surface area contributed by atoms with Crippen LogP contribution in [0.5, 0.6) is 0 Å². The third-order valence-electron chi connectivity index (χ3n) is 1.36.